The van der Waals surface area contributed by atoms with Crippen molar-refractivity contribution in [2.75, 3.05) is 0 Å². The van der Waals surface area contributed by atoms with Crippen molar-refractivity contribution in [3.63, 3.8) is 0 Å². The van der Waals surface area contributed by atoms with E-state index in [1.165, 1.54) is 44.5 Å². The number of aromatic nitrogens is 3. The molecule has 0 atom stereocenters. The minimum absolute atomic E-state index is 0.417. The lowest BCUT2D eigenvalue weighted by molar-refractivity contribution is 0.768. The van der Waals surface area contributed by atoms with Crippen LogP contribution in [0.1, 0.15) is 22.3 Å². The molecular weight excluding hydrogens is 739 g/mol. The number of hydrogen-bond acceptors (Lipinski definition) is 3. The van der Waals surface area contributed by atoms with Crippen molar-refractivity contribution < 1.29 is 0 Å². The van der Waals surface area contributed by atoms with Gasteiger partial charge in [-0.15, -0.1) is 0 Å². The Morgan fingerprint density at radius 2 is 0.787 bits per heavy atom. The van der Waals surface area contributed by atoms with Gasteiger partial charge in [0.25, 0.3) is 0 Å². The van der Waals surface area contributed by atoms with E-state index < -0.39 is 5.41 Å². The van der Waals surface area contributed by atoms with E-state index in [-0.39, 0.29) is 0 Å². The van der Waals surface area contributed by atoms with Gasteiger partial charge in [0.1, 0.15) is 0 Å². The van der Waals surface area contributed by atoms with Crippen LogP contribution in [-0.2, 0) is 5.41 Å². The molecule has 1 aliphatic carbocycles. The lowest BCUT2D eigenvalue weighted by Gasteiger charge is -2.33. The van der Waals surface area contributed by atoms with Gasteiger partial charge >= 0.3 is 0 Å². The predicted octanol–water partition coefficient (Wildman–Crippen LogP) is 14.2. The van der Waals surface area contributed by atoms with Gasteiger partial charge in [0, 0.05) is 29.1 Å². The number of nitrogens with zero attached hydrogens (tertiary/aromatic N) is 3. The molecule has 286 valence electrons. The molecule has 0 N–H and O–H groups in total. The highest BCUT2D eigenvalue weighted by Gasteiger charge is 2.45. The quantitative estimate of drug-likeness (QED) is 0.154. The van der Waals surface area contributed by atoms with E-state index in [1.807, 2.05) is 30.5 Å². The smallest absolute Gasteiger partial charge is 0.160 e. The zero-order valence-corrected chi connectivity index (χ0v) is 33.4. The molecule has 0 bridgehead atoms. The van der Waals surface area contributed by atoms with Crippen LogP contribution in [-0.4, -0.2) is 15.0 Å². The Morgan fingerprint density at radius 1 is 0.295 bits per heavy atom. The first kappa shape index (κ1) is 36.1. The first-order chi connectivity index (χ1) is 30.2. The van der Waals surface area contributed by atoms with E-state index in [9.17, 15) is 0 Å². The molecule has 1 aliphatic rings. The highest BCUT2D eigenvalue weighted by molar-refractivity contribution is 5.89. The average molecular weight is 778 g/mol. The summed E-state index contributed by atoms with van der Waals surface area (Å²) in [5.74, 6) is 0.693. The summed E-state index contributed by atoms with van der Waals surface area (Å²) in [5.41, 5.74) is 18.9. The van der Waals surface area contributed by atoms with E-state index in [0.717, 1.165) is 50.3 Å². The third-order valence-corrected chi connectivity index (χ3v) is 12.1. The van der Waals surface area contributed by atoms with Gasteiger partial charge in [-0.3, -0.25) is 4.98 Å². The second-order valence-electron chi connectivity index (χ2n) is 15.6. The Labute approximate surface area is 356 Å². The highest BCUT2D eigenvalue weighted by atomic mass is 14.9. The largest absolute Gasteiger partial charge is 0.264 e. The van der Waals surface area contributed by atoms with E-state index in [4.69, 9.17) is 9.97 Å². The summed E-state index contributed by atoms with van der Waals surface area (Å²) in [6.45, 7) is 0. The van der Waals surface area contributed by atoms with Crippen molar-refractivity contribution in [1.82, 2.24) is 15.0 Å². The molecule has 0 aliphatic heterocycles. The van der Waals surface area contributed by atoms with Gasteiger partial charge in [-0.1, -0.05) is 194 Å². The molecule has 3 heteroatoms. The molecule has 10 aromatic rings. The van der Waals surface area contributed by atoms with Crippen molar-refractivity contribution in [2.45, 2.75) is 5.41 Å². The number of fused-ring (bicyclic) bond motifs is 3. The van der Waals surface area contributed by atoms with Crippen LogP contribution >= 0.6 is 0 Å². The summed E-state index contributed by atoms with van der Waals surface area (Å²) in [7, 11) is 0. The normalized spacial score (nSPS) is 12.4. The zero-order valence-electron chi connectivity index (χ0n) is 33.4. The van der Waals surface area contributed by atoms with Crippen molar-refractivity contribution in [2.24, 2.45) is 0 Å². The van der Waals surface area contributed by atoms with Crippen LogP contribution in [0.2, 0.25) is 0 Å². The number of benzene rings is 8. The van der Waals surface area contributed by atoms with Crippen LogP contribution in [0.4, 0.5) is 0 Å². The monoisotopic (exact) mass is 777 g/mol. The van der Waals surface area contributed by atoms with Gasteiger partial charge in [0.2, 0.25) is 0 Å². The van der Waals surface area contributed by atoms with Crippen LogP contribution in [0.15, 0.2) is 237 Å². The van der Waals surface area contributed by atoms with Gasteiger partial charge in [0.05, 0.1) is 16.8 Å². The molecule has 0 radical (unpaired) electrons. The molecule has 3 nitrogen and oxygen atoms in total. The van der Waals surface area contributed by atoms with E-state index in [1.54, 1.807) is 6.20 Å². The van der Waals surface area contributed by atoms with Gasteiger partial charge in [0.15, 0.2) is 5.82 Å². The molecule has 0 amide bonds. The fraction of sp³-hybridized carbons (Fsp3) is 0.0172. The highest BCUT2D eigenvalue weighted by Crippen LogP contribution is 2.56. The SMILES string of the molecule is c1ccc(-c2nc(-c3ccc(-c4cccnc4)cc3)cc(-c3cccc(-c4cccc(-c5ccc6c(c5)-c5ccccc5C6(c5ccccc5)c5ccccc5)c4)c3)n2)cc1. The van der Waals surface area contributed by atoms with Crippen LogP contribution in [0.3, 0.4) is 0 Å². The molecule has 2 heterocycles. The maximum Gasteiger partial charge on any atom is 0.160 e. The third-order valence-electron chi connectivity index (χ3n) is 12.1. The summed E-state index contributed by atoms with van der Waals surface area (Å²) in [6.07, 6.45) is 3.69. The van der Waals surface area contributed by atoms with Crippen molar-refractivity contribution in [3.8, 4) is 78.4 Å². The Hall–Kier alpha value is -8.01. The fourth-order valence-electron chi connectivity index (χ4n) is 9.19. The molecular formula is C58H39N3. The molecule has 11 rings (SSSR count). The Morgan fingerprint density at radius 3 is 1.44 bits per heavy atom. The fourth-order valence-corrected chi connectivity index (χ4v) is 9.19. The average Bonchev–Trinajstić information content (AvgIpc) is 3.65. The molecule has 0 unspecified atom stereocenters. The second-order valence-corrected chi connectivity index (χ2v) is 15.6. The zero-order chi connectivity index (χ0) is 40.6. The van der Waals surface area contributed by atoms with Crippen LogP contribution in [0.25, 0.3) is 78.4 Å². The van der Waals surface area contributed by atoms with E-state index in [2.05, 4.69) is 205 Å². The third kappa shape index (κ3) is 6.44. The maximum absolute atomic E-state index is 5.15. The van der Waals surface area contributed by atoms with Crippen LogP contribution in [0, 0.1) is 0 Å². The van der Waals surface area contributed by atoms with Gasteiger partial charge < -0.3 is 0 Å². The van der Waals surface area contributed by atoms with E-state index >= 15 is 0 Å². The predicted molar refractivity (Wildman–Crippen MR) is 250 cm³/mol. The minimum Gasteiger partial charge on any atom is -0.264 e. The topological polar surface area (TPSA) is 38.7 Å². The van der Waals surface area contributed by atoms with Gasteiger partial charge in [-0.2, -0.15) is 0 Å². The van der Waals surface area contributed by atoms with Gasteiger partial charge in [-0.25, -0.2) is 9.97 Å². The van der Waals surface area contributed by atoms with Crippen molar-refractivity contribution >= 4 is 0 Å². The molecule has 8 aromatic carbocycles. The standard InChI is InChI=1S/C58H39N3/c1-4-15-42(16-5-1)57-60-55(41-30-28-40(29-31-41)48-21-14-34-59-39-48)38-56(61-57)47-20-13-19-45(36-47)43-17-12-18-44(35-43)46-32-33-54-52(37-46)51-26-10-11-27-53(51)58(54,49-22-6-2-7-23-49)50-24-8-3-9-25-50/h1-39H. The first-order valence-corrected chi connectivity index (χ1v) is 20.7. The lowest BCUT2D eigenvalue weighted by Crippen LogP contribution is -2.28. The number of pyridine rings is 1. The van der Waals surface area contributed by atoms with Gasteiger partial charge in [-0.05, 0) is 97.1 Å². The molecule has 0 fully saturated rings. The van der Waals surface area contributed by atoms with Crippen molar-refractivity contribution in [3.05, 3.63) is 259 Å². The van der Waals surface area contributed by atoms with E-state index in [0.29, 0.717) is 5.82 Å². The molecule has 0 spiro atoms. The Balaban J connectivity index is 0.978. The Bertz CT molecular complexity index is 3120. The summed E-state index contributed by atoms with van der Waals surface area (Å²) in [6, 6.07) is 80.4. The molecule has 0 saturated heterocycles. The maximum atomic E-state index is 5.15. The summed E-state index contributed by atoms with van der Waals surface area (Å²) in [5, 5.41) is 0. The first-order valence-electron chi connectivity index (χ1n) is 20.7. The minimum atomic E-state index is -0.417. The molecule has 61 heavy (non-hydrogen) atoms. The number of rotatable bonds is 8. The molecule has 0 saturated carbocycles. The molecule has 2 aromatic heterocycles. The summed E-state index contributed by atoms with van der Waals surface area (Å²) >= 11 is 0. The van der Waals surface area contributed by atoms with Crippen LogP contribution in [0.5, 0.6) is 0 Å². The van der Waals surface area contributed by atoms with Crippen LogP contribution < -0.4 is 0 Å². The summed E-state index contributed by atoms with van der Waals surface area (Å²) < 4.78 is 0. The second kappa shape index (κ2) is 15.3. The van der Waals surface area contributed by atoms with Crippen molar-refractivity contribution in [1.29, 1.82) is 0 Å². The lowest BCUT2D eigenvalue weighted by atomic mass is 9.67. The Kier molecular flexibility index (Phi) is 9.05. The number of hydrogen-bond donors (Lipinski definition) is 0. The summed E-state index contributed by atoms with van der Waals surface area (Å²) in [4.78, 5) is 14.5.